The maximum atomic E-state index is 10.3. The molecule has 0 unspecified atom stereocenters. The minimum absolute atomic E-state index is 0.572. The van der Waals surface area contributed by atoms with Gasteiger partial charge in [0.2, 0.25) is 0 Å². The molecule has 2 nitrogen and oxygen atoms in total. The van der Waals surface area contributed by atoms with E-state index >= 15 is 0 Å². The highest BCUT2D eigenvalue weighted by molar-refractivity contribution is 5.63. The Hall–Kier alpha value is -1.27. The molecular formula is C9H10O2. The van der Waals surface area contributed by atoms with E-state index in [1.165, 1.54) is 0 Å². The van der Waals surface area contributed by atoms with Crippen molar-refractivity contribution in [1.82, 2.24) is 0 Å². The molecule has 0 aromatic carbocycles. The van der Waals surface area contributed by atoms with Crippen LogP contribution in [0.5, 0.6) is 0 Å². The fourth-order valence-corrected chi connectivity index (χ4v) is 0.948. The van der Waals surface area contributed by atoms with Crippen LogP contribution in [0.4, 0.5) is 0 Å². The molecule has 0 aliphatic heterocycles. The summed E-state index contributed by atoms with van der Waals surface area (Å²) in [7, 11) is 1.60. The van der Waals surface area contributed by atoms with Crippen molar-refractivity contribution < 1.29 is 9.53 Å². The van der Waals surface area contributed by atoms with E-state index in [4.69, 9.17) is 4.74 Å². The van der Waals surface area contributed by atoms with E-state index in [1.807, 2.05) is 25.0 Å². The molecule has 1 aliphatic carbocycles. The van der Waals surface area contributed by atoms with Gasteiger partial charge in [-0.05, 0) is 18.6 Å². The molecule has 0 spiro atoms. The number of rotatable bonds is 1. The Morgan fingerprint density at radius 2 is 2.27 bits per heavy atom. The van der Waals surface area contributed by atoms with Crippen LogP contribution in [0.1, 0.15) is 13.3 Å². The van der Waals surface area contributed by atoms with Gasteiger partial charge in [-0.3, -0.25) is 0 Å². The van der Waals surface area contributed by atoms with Crippen molar-refractivity contribution in [2.24, 2.45) is 0 Å². The van der Waals surface area contributed by atoms with Crippen molar-refractivity contribution in [3.63, 3.8) is 0 Å². The number of allylic oxidation sites excluding steroid dienone is 4. The largest absolute Gasteiger partial charge is 0.501 e. The molecule has 0 saturated heterocycles. The minimum atomic E-state index is 0.572. The molecule has 1 rings (SSSR count). The molecule has 58 valence electrons. The van der Waals surface area contributed by atoms with Gasteiger partial charge in [-0.1, -0.05) is 6.08 Å². The summed E-state index contributed by atoms with van der Waals surface area (Å²) in [5.41, 5.74) is 1.66. The Labute approximate surface area is 65.9 Å². The molecule has 11 heavy (non-hydrogen) atoms. The SMILES string of the molecule is COC1=CC=C(C)C(=C=O)C1. The first-order valence-electron chi connectivity index (χ1n) is 3.43. The Balaban J connectivity index is 2.92. The predicted octanol–water partition coefficient (Wildman–Crippen LogP) is 1.62. The van der Waals surface area contributed by atoms with Crippen LogP contribution < -0.4 is 0 Å². The van der Waals surface area contributed by atoms with E-state index in [0.717, 1.165) is 11.3 Å². The highest BCUT2D eigenvalue weighted by Crippen LogP contribution is 2.21. The summed E-state index contributed by atoms with van der Waals surface area (Å²) in [5, 5.41) is 0. The van der Waals surface area contributed by atoms with Gasteiger partial charge in [-0.25, -0.2) is 4.79 Å². The number of ether oxygens (including phenoxy) is 1. The fourth-order valence-electron chi connectivity index (χ4n) is 0.948. The lowest BCUT2D eigenvalue weighted by molar-refractivity contribution is 0.282. The summed E-state index contributed by atoms with van der Waals surface area (Å²) in [4.78, 5) is 10.3. The van der Waals surface area contributed by atoms with Gasteiger partial charge in [0, 0.05) is 12.0 Å². The Morgan fingerprint density at radius 1 is 1.55 bits per heavy atom. The smallest absolute Gasteiger partial charge is 0.128 e. The molecule has 0 heterocycles. The maximum absolute atomic E-state index is 10.3. The summed E-state index contributed by atoms with van der Waals surface area (Å²) in [5.74, 6) is 2.71. The van der Waals surface area contributed by atoms with E-state index in [-0.39, 0.29) is 0 Å². The van der Waals surface area contributed by atoms with Gasteiger partial charge in [-0.15, -0.1) is 0 Å². The summed E-state index contributed by atoms with van der Waals surface area (Å²) in [6.07, 6.45) is 4.31. The number of hydrogen-bond donors (Lipinski definition) is 0. The van der Waals surface area contributed by atoms with Gasteiger partial charge in [-0.2, -0.15) is 0 Å². The van der Waals surface area contributed by atoms with E-state index < -0.39 is 0 Å². The van der Waals surface area contributed by atoms with Crippen LogP contribution in [-0.2, 0) is 9.53 Å². The lowest BCUT2D eigenvalue weighted by Crippen LogP contribution is -1.97. The Kier molecular flexibility index (Phi) is 2.29. The van der Waals surface area contributed by atoms with E-state index in [9.17, 15) is 4.79 Å². The quantitative estimate of drug-likeness (QED) is 0.531. The molecule has 0 saturated carbocycles. The second-order valence-electron chi connectivity index (χ2n) is 2.44. The molecular weight excluding hydrogens is 140 g/mol. The molecule has 0 bridgehead atoms. The summed E-state index contributed by atoms with van der Waals surface area (Å²) >= 11 is 0. The van der Waals surface area contributed by atoms with Crippen molar-refractivity contribution in [1.29, 1.82) is 0 Å². The minimum Gasteiger partial charge on any atom is -0.501 e. The summed E-state index contributed by atoms with van der Waals surface area (Å²) in [6.45, 7) is 1.89. The molecule has 2 heteroatoms. The average Bonchev–Trinajstić information content (AvgIpc) is 2.05. The first kappa shape index (κ1) is 7.83. The number of hydrogen-bond acceptors (Lipinski definition) is 2. The average molecular weight is 150 g/mol. The molecule has 0 atom stereocenters. The highest BCUT2D eigenvalue weighted by atomic mass is 16.5. The van der Waals surface area contributed by atoms with Crippen molar-refractivity contribution >= 4 is 5.94 Å². The lowest BCUT2D eigenvalue weighted by atomic mass is 10.0. The van der Waals surface area contributed by atoms with Crippen LogP contribution in [0, 0.1) is 0 Å². The Bertz CT molecular complexity index is 265. The van der Waals surface area contributed by atoms with Crippen LogP contribution in [-0.4, -0.2) is 13.1 Å². The molecule has 0 fully saturated rings. The van der Waals surface area contributed by atoms with Crippen LogP contribution >= 0.6 is 0 Å². The van der Waals surface area contributed by atoms with Crippen molar-refractivity contribution in [2.45, 2.75) is 13.3 Å². The van der Waals surface area contributed by atoms with Gasteiger partial charge >= 0.3 is 0 Å². The van der Waals surface area contributed by atoms with Crippen LogP contribution in [0.15, 0.2) is 29.1 Å². The van der Waals surface area contributed by atoms with Gasteiger partial charge in [0.25, 0.3) is 0 Å². The van der Waals surface area contributed by atoms with Crippen molar-refractivity contribution in [3.8, 4) is 0 Å². The maximum Gasteiger partial charge on any atom is 0.128 e. The molecule has 1 aliphatic rings. The van der Waals surface area contributed by atoms with E-state index in [2.05, 4.69) is 0 Å². The van der Waals surface area contributed by atoms with Crippen LogP contribution in [0.3, 0.4) is 0 Å². The first-order chi connectivity index (χ1) is 5.27. The normalized spacial score (nSPS) is 16.7. The third-order valence-electron chi connectivity index (χ3n) is 1.73. The summed E-state index contributed by atoms with van der Waals surface area (Å²) in [6, 6.07) is 0. The first-order valence-corrected chi connectivity index (χ1v) is 3.43. The lowest BCUT2D eigenvalue weighted by Gasteiger charge is -2.10. The molecule has 0 aromatic rings. The fraction of sp³-hybridized carbons (Fsp3) is 0.333. The number of carbonyl (C=O) groups excluding carboxylic acids is 1. The third kappa shape index (κ3) is 1.60. The standard InChI is InChI=1S/C9H10O2/c1-7-3-4-9(11-2)5-8(7)6-10/h3-4H,5H2,1-2H3. The zero-order valence-corrected chi connectivity index (χ0v) is 6.68. The monoisotopic (exact) mass is 150 g/mol. The molecule has 0 amide bonds. The Morgan fingerprint density at radius 3 is 2.82 bits per heavy atom. The van der Waals surface area contributed by atoms with E-state index in [0.29, 0.717) is 12.0 Å². The predicted molar refractivity (Wildman–Crippen MR) is 42.7 cm³/mol. The van der Waals surface area contributed by atoms with Crippen molar-refractivity contribution in [2.75, 3.05) is 7.11 Å². The zero-order chi connectivity index (χ0) is 8.27. The zero-order valence-electron chi connectivity index (χ0n) is 6.68. The summed E-state index contributed by atoms with van der Waals surface area (Å²) < 4.78 is 4.99. The van der Waals surface area contributed by atoms with E-state index in [1.54, 1.807) is 7.11 Å². The van der Waals surface area contributed by atoms with Gasteiger partial charge < -0.3 is 4.74 Å². The van der Waals surface area contributed by atoms with Crippen LogP contribution in [0.2, 0.25) is 0 Å². The second-order valence-corrected chi connectivity index (χ2v) is 2.44. The highest BCUT2D eigenvalue weighted by Gasteiger charge is 2.09. The molecule has 0 aromatic heterocycles. The molecule has 0 N–H and O–H groups in total. The van der Waals surface area contributed by atoms with Gasteiger partial charge in [0.05, 0.1) is 7.11 Å². The third-order valence-corrected chi connectivity index (χ3v) is 1.73. The van der Waals surface area contributed by atoms with Gasteiger partial charge in [0.1, 0.15) is 11.7 Å². The van der Waals surface area contributed by atoms with Crippen LogP contribution in [0.25, 0.3) is 0 Å². The number of methoxy groups -OCH3 is 1. The van der Waals surface area contributed by atoms with Crippen molar-refractivity contribution in [3.05, 3.63) is 29.1 Å². The molecule has 0 radical (unpaired) electrons. The second kappa shape index (κ2) is 3.22. The van der Waals surface area contributed by atoms with Gasteiger partial charge in [0.15, 0.2) is 0 Å². The topological polar surface area (TPSA) is 26.3 Å².